The number of rotatable bonds is 8. The van der Waals surface area contributed by atoms with E-state index >= 15 is 0 Å². The molecule has 1 amide bonds. The van der Waals surface area contributed by atoms with E-state index in [-0.39, 0.29) is 12.5 Å². The van der Waals surface area contributed by atoms with Gasteiger partial charge in [-0.2, -0.15) is 0 Å². The van der Waals surface area contributed by atoms with Crippen molar-refractivity contribution in [2.24, 2.45) is 0 Å². The number of aryl methyl sites for hydroxylation is 2. The first-order valence-corrected chi connectivity index (χ1v) is 12.0. The number of aromatic nitrogens is 1. The molecule has 2 aromatic carbocycles. The van der Waals surface area contributed by atoms with Crippen LogP contribution in [0.1, 0.15) is 50.1 Å². The maximum absolute atomic E-state index is 12.3. The van der Waals surface area contributed by atoms with Gasteiger partial charge in [0.15, 0.2) is 0 Å². The number of amides is 1. The minimum atomic E-state index is -0.596. The van der Waals surface area contributed by atoms with Gasteiger partial charge >= 0.3 is 0 Å². The van der Waals surface area contributed by atoms with E-state index in [2.05, 4.69) is 9.72 Å². The number of nitrogens with zero attached hydrogens (tertiary/aromatic N) is 2. The second-order valence-electron chi connectivity index (χ2n) is 8.75. The van der Waals surface area contributed by atoms with Gasteiger partial charge in [-0.15, -0.1) is 0 Å². The van der Waals surface area contributed by atoms with Crippen molar-refractivity contribution < 1.29 is 19.4 Å². The molecule has 190 valence electrons. The Morgan fingerprint density at radius 2 is 1.66 bits per heavy atom. The minimum absolute atomic E-state index is 0.0159. The number of benzene rings is 2. The molecule has 1 N–H and O–H groups in total. The van der Waals surface area contributed by atoms with E-state index in [9.17, 15) is 14.7 Å². The normalized spacial score (nSPS) is 10.4. The molecule has 0 spiro atoms. The predicted molar refractivity (Wildman–Crippen MR) is 142 cm³/mol. The molecular formula is C29H40N2O4. The van der Waals surface area contributed by atoms with Crippen LogP contribution in [0.5, 0.6) is 0 Å². The molecule has 1 heterocycles. The molecule has 6 heteroatoms. The van der Waals surface area contributed by atoms with Crippen LogP contribution in [0.3, 0.4) is 0 Å². The van der Waals surface area contributed by atoms with Gasteiger partial charge < -0.3 is 14.7 Å². The molecule has 3 rings (SSSR count). The van der Waals surface area contributed by atoms with Gasteiger partial charge in [0, 0.05) is 24.5 Å². The molecule has 0 saturated heterocycles. The molecule has 6 nitrogen and oxygen atoms in total. The fourth-order valence-corrected chi connectivity index (χ4v) is 3.57. The van der Waals surface area contributed by atoms with Crippen LogP contribution in [-0.4, -0.2) is 53.2 Å². The number of aliphatic hydroxyl groups is 1. The summed E-state index contributed by atoms with van der Waals surface area (Å²) >= 11 is 0. The lowest BCUT2D eigenvalue weighted by atomic mass is 9.99. The Kier molecular flexibility index (Phi) is 12.7. The summed E-state index contributed by atoms with van der Waals surface area (Å²) in [6, 6.07) is 17.9. The van der Waals surface area contributed by atoms with Gasteiger partial charge in [-0.05, 0) is 50.5 Å². The van der Waals surface area contributed by atoms with Crippen molar-refractivity contribution in [3.63, 3.8) is 0 Å². The fraction of sp³-hybridized carbons (Fsp3) is 0.414. The summed E-state index contributed by atoms with van der Waals surface area (Å²) in [6.45, 7) is 12.6. The number of fused-ring (bicyclic) bond motifs is 1. The fourth-order valence-electron chi connectivity index (χ4n) is 3.57. The summed E-state index contributed by atoms with van der Waals surface area (Å²) in [5, 5.41) is 10.5. The molecule has 0 fully saturated rings. The zero-order valence-electron chi connectivity index (χ0n) is 22.2. The van der Waals surface area contributed by atoms with E-state index < -0.39 is 5.60 Å². The summed E-state index contributed by atoms with van der Waals surface area (Å²) in [5.74, 6) is -0.0159. The van der Waals surface area contributed by atoms with Gasteiger partial charge in [0.1, 0.15) is 6.61 Å². The highest BCUT2D eigenvalue weighted by Crippen LogP contribution is 2.23. The molecule has 0 aliphatic rings. The number of carbonyl (C=O) groups excluding carboxylic acids is 2. The van der Waals surface area contributed by atoms with Crippen molar-refractivity contribution in [3.8, 4) is 0 Å². The Morgan fingerprint density at radius 1 is 1.06 bits per heavy atom. The van der Waals surface area contributed by atoms with Crippen molar-refractivity contribution >= 4 is 23.3 Å². The van der Waals surface area contributed by atoms with Gasteiger partial charge in [-0.1, -0.05) is 62.4 Å². The lowest BCUT2D eigenvalue weighted by molar-refractivity contribution is -0.134. The summed E-state index contributed by atoms with van der Waals surface area (Å²) in [7, 11) is 1.70. The Balaban J connectivity index is 0.000000395. The Morgan fingerprint density at radius 3 is 2.26 bits per heavy atom. The Hall–Kier alpha value is -3.25. The second-order valence-corrected chi connectivity index (χ2v) is 8.75. The number of carbonyl (C=O) groups is 2. The third-order valence-corrected chi connectivity index (χ3v) is 5.33. The van der Waals surface area contributed by atoms with Crippen LogP contribution in [0, 0.1) is 13.8 Å². The standard InChI is InChI=1S/C17H20N2O3.C10H14O.C2H6/c1-12-14-6-4-5-7-16(14)18-13(2)15(12)10-17(21)19(3)8-9-22-11-20;1-10(2,11)8-9-6-4-3-5-7-9;1-2/h4-7,11H,8-10H2,1-3H3;3-7,11H,8H2,1-2H3;1-2H3. The summed E-state index contributed by atoms with van der Waals surface area (Å²) < 4.78 is 4.62. The lowest BCUT2D eigenvalue weighted by Crippen LogP contribution is -2.31. The van der Waals surface area contributed by atoms with Crippen molar-refractivity contribution in [1.82, 2.24) is 9.88 Å². The van der Waals surface area contributed by atoms with Crippen LogP contribution < -0.4 is 0 Å². The zero-order valence-corrected chi connectivity index (χ0v) is 22.2. The van der Waals surface area contributed by atoms with E-state index in [1.54, 1.807) is 11.9 Å². The molecule has 0 radical (unpaired) electrons. The Bertz CT molecular complexity index is 1060. The van der Waals surface area contributed by atoms with Gasteiger partial charge in [0.25, 0.3) is 6.47 Å². The molecule has 3 aromatic rings. The van der Waals surface area contributed by atoms with E-state index in [0.29, 0.717) is 25.9 Å². The first kappa shape index (κ1) is 29.8. The second kappa shape index (κ2) is 14.9. The average Bonchev–Trinajstić information content (AvgIpc) is 2.83. The van der Waals surface area contributed by atoms with Crippen molar-refractivity contribution in [1.29, 1.82) is 0 Å². The van der Waals surface area contributed by atoms with Gasteiger partial charge in [-0.3, -0.25) is 14.6 Å². The number of hydrogen-bond donors (Lipinski definition) is 1. The summed E-state index contributed by atoms with van der Waals surface area (Å²) in [4.78, 5) is 28.6. The highest BCUT2D eigenvalue weighted by Gasteiger charge is 2.16. The SMILES string of the molecule is CC.CC(C)(O)Cc1ccccc1.Cc1nc2ccccc2c(C)c1CC(=O)N(C)CCOC=O. The third kappa shape index (κ3) is 10.3. The van der Waals surface area contributed by atoms with Crippen LogP contribution in [0.2, 0.25) is 0 Å². The van der Waals surface area contributed by atoms with E-state index in [1.807, 2.05) is 96.1 Å². The average molecular weight is 481 g/mol. The molecule has 0 bridgehead atoms. The summed E-state index contributed by atoms with van der Waals surface area (Å²) in [5.41, 5.74) is 4.46. The van der Waals surface area contributed by atoms with Crippen molar-refractivity contribution in [2.75, 3.05) is 20.2 Å². The molecular weight excluding hydrogens is 440 g/mol. The largest absolute Gasteiger partial charge is 0.466 e. The number of likely N-dealkylation sites (N-methyl/N-ethyl adjacent to an activating group) is 1. The van der Waals surface area contributed by atoms with Crippen LogP contribution >= 0.6 is 0 Å². The smallest absolute Gasteiger partial charge is 0.293 e. The topological polar surface area (TPSA) is 79.7 Å². The third-order valence-electron chi connectivity index (χ3n) is 5.33. The van der Waals surface area contributed by atoms with Crippen molar-refractivity contribution in [2.45, 2.75) is 60.0 Å². The van der Waals surface area contributed by atoms with Gasteiger partial charge in [-0.25, -0.2) is 0 Å². The van der Waals surface area contributed by atoms with E-state index in [4.69, 9.17) is 0 Å². The summed E-state index contributed by atoms with van der Waals surface area (Å²) in [6.07, 6.45) is 1.01. The van der Waals surface area contributed by atoms with Crippen LogP contribution in [0.4, 0.5) is 0 Å². The first-order valence-electron chi connectivity index (χ1n) is 12.0. The Labute approximate surface area is 210 Å². The molecule has 35 heavy (non-hydrogen) atoms. The number of para-hydroxylation sites is 1. The number of pyridine rings is 1. The minimum Gasteiger partial charge on any atom is -0.466 e. The monoisotopic (exact) mass is 480 g/mol. The maximum Gasteiger partial charge on any atom is 0.293 e. The lowest BCUT2D eigenvalue weighted by Gasteiger charge is -2.18. The molecule has 0 aliphatic heterocycles. The van der Waals surface area contributed by atoms with Crippen LogP contribution in [0.25, 0.3) is 10.9 Å². The number of ether oxygens (including phenoxy) is 1. The maximum atomic E-state index is 12.3. The molecule has 0 unspecified atom stereocenters. The molecule has 0 aliphatic carbocycles. The zero-order chi connectivity index (χ0) is 26.4. The molecule has 0 saturated carbocycles. The highest BCUT2D eigenvalue weighted by atomic mass is 16.5. The van der Waals surface area contributed by atoms with Crippen molar-refractivity contribution in [3.05, 3.63) is 77.0 Å². The molecule has 0 atom stereocenters. The van der Waals surface area contributed by atoms with Crippen LogP contribution in [-0.2, 0) is 27.2 Å². The first-order chi connectivity index (χ1) is 16.6. The van der Waals surface area contributed by atoms with Gasteiger partial charge in [0.05, 0.1) is 24.1 Å². The predicted octanol–water partition coefficient (Wildman–Crippen LogP) is 5.05. The molecule has 1 aromatic heterocycles. The highest BCUT2D eigenvalue weighted by molar-refractivity contribution is 5.86. The van der Waals surface area contributed by atoms with E-state index in [1.165, 1.54) is 5.56 Å². The van der Waals surface area contributed by atoms with Gasteiger partial charge in [0.2, 0.25) is 5.91 Å². The number of hydrogen-bond acceptors (Lipinski definition) is 5. The van der Waals surface area contributed by atoms with Crippen LogP contribution in [0.15, 0.2) is 54.6 Å². The quantitative estimate of drug-likeness (QED) is 0.360. The van der Waals surface area contributed by atoms with E-state index in [0.717, 1.165) is 27.7 Å².